The molecular weight excluding hydrogens is 442 g/mol. The molecule has 1 aliphatic carbocycles. The van der Waals surface area contributed by atoms with Crippen molar-refractivity contribution in [2.45, 2.75) is 65.0 Å². The quantitative estimate of drug-likeness (QED) is 0.573. The number of methoxy groups -OCH3 is 1. The van der Waals surface area contributed by atoms with Crippen molar-refractivity contribution in [2.75, 3.05) is 38.6 Å². The van der Waals surface area contributed by atoms with Crippen molar-refractivity contribution >= 4 is 28.6 Å². The first-order valence-electron chi connectivity index (χ1n) is 13.0. The Balaban J connectivity index is 1.41. The lowest BCUT2D eigenvalue weighted by Crippen LogP contribution is -2.48. The number of hydrogen-bond acceptors (Lipinski definition) is 7. The van der Waals surface area contributed by atoms with Crippen LogP contribution in [0.15, 0.2) is 24.3 Å². The van der Waals surface area contributed by atoms with Gasteiger partial charge in [-0.1, -0.05) is 45.2 Å². The van der Waals surface area contributed by atoms with Crippen molar-refractivity contribution in [1.82, 2.24) is 19.8 Å². The minimum absolute atomic E-state index is 0.0406. The third-order valence-electron chi connectivity index (χ3n) is 7.34. The maximum absolute atomic E-state index is 12.8. The van der Waals surface area contributed by atoms with E-state index in [1.807, 2.05) is 43.0 Å². The molecule has 8 nitrogen and oxygen atoms in total. The van der Waals surface area contributed by atoms with Gasteiger partial charge in [0.1, 0.15) is 17.7 Å². The van der Waals surface area contributed by atoms with Gasteiger partial charge >= 0.3 is 5.97 Å². The Hall–Kier alpha value is -2.74. The number of rotatable bonds is 8. The van der Waals surface area contributed by atoms with Gasteiger partial charge in [-0.25, -0.2) is 14.8 Å². The summed E-state index contributed by atoms with van der Waals surface area (Å²) in [6.07, 6.45) is 6.97. The molecule has 2 aliphatic rings. The summed E-state index contributed by atoms with van der Waals surface area (Å²) in [5, 5.41) is 4.19. The van der Waals surface area contributed by atoms with Crippen molar-refractivity contribution in [3.8, 4) is 0 Å². The fourth-order valence-corrected chi connectivity index (χ4v) is 5.20. The molecule has 4 rings (SSSR count). The van der Waals surface area contributed by atoms with Crippen LogP contribution >= 0.6 is 0 Å². The topological polar surface area (TPSA) is 87.7 Å². The predicted octanol–water partition coefficient (Wildman–Crippen LogP) is 3.85. The van der Waals surface area contributed by atoms with Crippen molar-refractivity contribution in [3.63, 3.8) is 0 Å². The molecule has 0 unspecified atom stereocenters. The molecule has 1 atom stereocenters. The van der Waals surface area contributed by atoms with Gasteiger partial charge in [0.05, 0.1) is 19.2 Å². The number of nitrogens with zero attached hydrogens (tertiary/aromatic N) is 4. The van der Waals surface area contributed by atoms with Crippen LogP contribution in [-0.4, -0.2) is 71.0 Å². The molecule has 190 valence electrons. The fourth-order valence-electron chi connectivity index (χ4n) is 5.20. The van der Waals surface area contributed by atoms with Gasteiger partial charge in [-0.15, -0.1) is 0 Å². The molecule has 1 amide bonds. The van der Waals surface area contributed by atoms with Gasteiger partial charge in [0, 0.05) is 38.0 Å². The first-order chi connectivity index (χ1) is 16.9. The SMILES string of the molecule is COC(=O)[C@@H](Nc1nc(CN2CCN(C(=O)CC3CCCCC3)CC2)nc2ccccc12)C(C)C. The van der Waals surface area contributed by atoms with E-state index < -0.39 is 6.04 Å². The van der Waals surface area contributed by atoms with E-state index in [0.717, 1.165) is 37.1 Å². The number of piperazine rings is 1. The number of hydrogen-bond donors (Lipinski definition) is 1. The molecule has 8 heteroatoms. The second-order valence-corrected chi connectivity index (χ2v) is 10.3. The zero-order valence-corrected chi connectivity index (χ0v) is 21.3. The summed E-state index contributed by atoms with van der Waals surface area (Å²) in [4.78, 5) is 39.1. The normalized spacial score (nSPS) is 18.6. The molecule has 2 heterocycles. The van der Waals surface area contributed by atoms with E-state index in [-0.39, 0.29) is 11.9 Å². The third-order valence-corrected chi connectivity index (χ3v) is 7.34. The lowest BCUT2D eigenvalue weighted by atomic mass is 9.86. The predicted molar refractivity (Wildman–Crippen MR) is 137 cm³/mol. The second kappa shape index (κ2) is 11.8. The van der Waals surface area contributed by atoms with Gasteiger partial charge in [-0.2, -0.15) is 0 Å². The van der Waals surface area contributed by atoms with E-state index in [9.17, 15) is 9.59 Å². The number of para-hydroxylation sites is 1. The van der Waals surface area contributed by atoms with Crippen LogP contribution in [0.3, 0.4) is 0 Å². The molecule has 35 heavy (non-hydrogen) atoms. The number of carbonyl (C=O) groups excluding carboxylic acids is 2. The number of anilines is 1. The Morgan fingerprint density at radius 3 is 2.46 bits per heavy atom. The Kier molecular flexibility index (Phi) is 8.55. The average Bonchev–Trinajstić information content (AvgIpc) is 2.87. The van der Waals surface area contributed by atoms with Crippen molar-refractivity contribution in [1.29, 1.82) is 0 Å². The van der Waals surface area contributed by atoms with Gasteiger partial charge in [0.2, 0.25) is 5.91 Å². The van der Waals surface area contributed by atoms with E-state index in [1.54, 1.807) is 0 Å². The van der Waals surface area contributed by atoms with E-state index in [2.05, 4.69) is 10.2 Å². The lowest BCUT2D eigenvalue weighted by molar-refractivity contribution is -0.142. The molecule has 2 fully saturated rings. The highest BCUT2D eigenvalue weighted by Crippen LogP contribution is 2.27. The van der Waals surface area contributed by atoms with Gasteiger partial charge in [0.25, 0.3) is 0 Å². The van der Waals surface area contributed by atoms with Crippen molar-refractivity contribution in [2.24, 2.45) is 11.8 Å². The average molecular weight is 482 g/mol. The highest BCUT2D eigenvalue weighted by molar-refractivity contribution is 5.91. The minimum Gasteiger partial charge on any atom is -0.467 e. The molecule has 2 aromatic rings. The van der Waals surface area contributed by atoms with Crippen LogP contribution in [-0.2, 0) is 20.9 Å². The molecule has 1 saturated carbocycles. The number of aromatic nitrogens is 2. The Morgan fingerprint density at radius 2 is 1.77 bits per heavy atom. The summed E-state index contributed by atoms with van der Waals surface area (Å²) < 4.78 is 5.00. The second-order valence-electron chi connectivity index (χ2n) is 10.3. The first-order valence-corrected chi connectivity index (χ1v) is 13.0. The maximum atomic E-state index is 12.8. The molecule has 1 aromatic carbocycles. The number of nitrogens with one attached hydrogen (secondary N) is 1. The monoisotopic (exact) mass is 481 g/mol. The minimum atomic E-state index is -0.495. The Morgan fingerprint density at radius 1 is 1.06 bits per heavy atom. The Bertz CT molecular complexity index is 1010. The molecule has 0 radical (unpaired) electrons. The molecule has 1 saturated heterocycles. The van der Waals surface area contributed by atoms with Crippen LogP contribution < -0.4 is 5.32 Å². The van der Waals surface area contributed by atoms with E-state index in [1.165, 1.54) is 39.2 Å². The number of amides is 1. The molecule has 1 aromatic heterocycles. The summed E-state index contributed by atoms with van der Waals surface area (Å²) >= 11 is 0. The number of esters is 1. The van der Waals surface area contributed by atoms with Crippen LogP contribution in [0.1, 0.15) is 58.2 Å². The summed E-state index contributed by atoms with van der Waals surface area (Å²) in [5.74, 6) is 1.98. The van der Waals surface area contributed by atoms with Crippen LogP contribution in [0.25, 0.3) is 10.9 Å². The maximum Gasteiger partial charge on any atom is 0.328 e. The zero-order chi connectivity index (χ0) is 24.8. The summed E-state index contributed by atoms with van der Waals surface area (Å²) in [6, 6.07) is 7.34. The lowest BCUT2D eigenvalue weighted by Gasteiger charge is -2.35. The zero-order valence-electron chi connectivity index (χ0n) is 21.3. The standard InChI is InChI=1S/C27H39N5O3/c1-19(2)25(27(34)35-3)30-26-21-11-7-8-12-22(21)28-23(29-26)18-31-13-15-32(16-14-31)24(33)17-20-9-5-4-6-10-20/h7-8,11-12,19-20,25H,4-6,9-10,13-18H2,1-3H3,(H,28,29,30)/t25-/m0/s1. The highest BCUT2D eigenvalue weighted by atomic mass is 16.5. The largest absolute Gasteiger partial charge is 0.467 e. The van der Waals surface area contributed by atoms with E-state index in [0.29, 0.717) is 36.4 Å². The number of carbonyl (C=O) groups is 2. The Labute approximate surface area is 208 Å². The van der Waals surface area contributed by atoms with Crippen LogP contribution in [0.5, 0.6) is 0 Å². The van der Waals surface area contributed by atoms with E-state index >= 15 is 0 Å². The van der Waals surface area contributed by atoms with Crippen LogP contribution in [0.4, 0.5) is 5.82 Å². The van der Waals surface area contributed by atoms with Crippen LogP contribution in [0, 0.1) is 11.8 Å². The summed E-state index contributed by atoms with van der Waals surface area (Å²) in [6.45, 7) is 7.69. The third kappa shape index (κ3) is 6.48. The first kappa shape index (κ1) is 25.4. The highest BCUT2D eigenvalue weighted by Gasteiger charge is 2.27. The molecule has 0 spiro atoms. The van der Waals surface area contributed by atoms with Gasteiger partial charge in [-0.3, -0.25) is 9.69 Å². The fraction of sp³-hybridized carbons (Fsp3) is 0.630. The van der Waals surface area contributed by atoms with Crippen molar-refractivity contribution < 1.29 is 14.3 Å². The number of ether oxygens (including phenoxy) is 1. The van der Waals surface area contributed by atoms with Gasteiger partial charge in [0.15, 0.2) is 0 Å². The number of fused-ring (bicyclic) bond motifs is 1. The summed E-state index contributed by atoms with van der Waals surface area (Å²) in [7, 11) is 1.41. The van der Waals surface area contributed by atoms with Crippen LogP contribution in [0.2, 0.25) is 0 Å². The van der Waals surface area contributed by atoms with Gasteiger partial charge < -0.3 is 15.0 Å². The smallest absolute Gasteiger partial charge is 0.328 e. The summed E-state index contributed by atoms with van der Waals surface area (Å²) in [5.41, 5.74) is 0.841. The molecule has 1 N–H and O–H groups in total. The molecule has 0 bridgehead atoms. The van der Waals surface area contributed by atoms with Gasteiger partial charge in [-0.05, 0) is 36.8 Å². The molecular formula is C27H39N5O3. The van der Waals surface area contributed by atoms with E-state index in [4.69, 9.17) is 14.7 Å². The van der Waals surface area contributed by atoms with Crippen molar-refractivity contribution in [3.05, 3.63) is 30.1 Å². The molecule has 1 aliphatic heterocycles. The number of benzene rings is 1.